The minimum absolute atomic E-state index is 0.0587. The number of aliphatic carboxylic acids is 3. The quantitative estimate of drug-likeness (QED) is 0.361. The average Bonchev–Trinajstić information content (AvgIpc) is 3.33. The fourth-order valence-corrected chi connectivity index (χ4v) is 4.12. The van der Waals surface area contributed by atoms with E-state index in [9.17, 15) is 39.5 Å². The van der Waals surface area contributed by atoms with Gasteiger partial charge in [0.1, 0.15) is 0 Å². The molecule has 264 valence electrons. The lowest BCUT2D eigenvalue weighted by atomic mass is 9.89. The third-order valence-corrected chi connectivity index (χ3v) is 6.05. The van der Waals surface area contributed by atoms with Gasteiger partial charge >= 0.3 is 36.4 Å². The summed E-state index contributed by atoms with van der Waals surface area (Å²) < 4.78 is 108. The van der Waals surface area contributed by atoms with E-state index < -0.39 is 36.4 Å². The summed E-state index contributed by atoms with van der Waals surface area (Å²) in [7, 11) is 0. The molecule has 0 unspecified atom stereocenters. The van der Waals surface area contributed by atoms with Crippen LogP contribution >= 0.6 is 0 Å². The van der Waals surface area contributed by atoms with Crippen LogP contribution in [-0.4, -0.2) is 98.0 Å². The summed E-state index contributed by atoms with van der Waals surface area (Å²) in [6.45, 7) is 6.26. The number of ether oxygens (including phenoxy) is 2. The zero-order valence-corrected chi connectivity index (χ0v) is 24.4. The number of aromatic nitrogens is 2. The van der Waals surface area contributed by atoms with Crippen molar-refractivity contribution >= 4 is 17.9 Å². The van der Waals surface area contributed by atoms with Crippen molar-refractivity contribution in [2.75, 3.05) is 19.7 Å². The van der Waals surface area contributed by atoms with Gasteiger partial charge < -0.3 is 24.8 Å². The highest BCUT2D eigenvalue weighted by atomic mass is 19.4. The zero-order chi connectivity index (χ0) is 36.1. The molecular formula is C27H30F9N3O8. The van der Waals surface area contributed by atoms with E-state index in [2.05, 4.69) is 27.0 Å². The molecule has 0 amide bonds. The Kier molecular flexibility index (Phi) is 15.5. The van der Waals surface area contributed by atoms with Gasteiger partial charge in [-0.3, -0.25) is 14.9 Å². The standard InChI is InChI=1S/C21H27N3O2.3C2HF3O2/c1-17-6-4-8-18(23-17)13-24-11-5-9-21(16-24)12-20(15-26-21)25-14-19-7-2-3-10-22-19;3*3-2(4,5)1(6)7/h2-4,6-8,10,20H,5,9,11-16H2,1H3;3*(H,6,7)/t20-,21+;;;/m1.../s1. The van der Waals surface area contributed by atoms with Crippen LogP contribution in [0.15, 0.2) is 42.6 Å². The first-order chi connectivity index (χ1) is 21.5. The summed E-state index contributed by atoms with van der Waals surface area (Å²) in [5.74, 6) is -8.27. The van der Waals surface area contributed by atoms with Gasteiger partial charge in [0.25, 0.3) is 0 Å². The molecular weight excluding hydrogens is 665 g/mol. The smallest absolute Gasteiger partial charge is 0.475 e. The van der Waals surface area contributed by atoms with E-state index in [-0.39, 0.29) is 11.7 Å². The molecule has 4 heterocycles. The predicted molar refractivity (Wildman–Crippen MR) is 141 cm³/mol. The first-order valence-electron chi connectivity index (χ1n) is 13.2. The third-order valence-electron chi connectivity index (χ3n) is 6.05. The Labute approximate surface area is 260 Å². The van der Waals surface area contributed by atoms with Gasteiger partial charge in [0.05, 0.1) is 36.3 Å². The van der Waals surface area contributed by atoms with E-state index in [1.165, 1.54) is 6.42 Å². The number of halogens is 9. The van der Waals surface area contributed by atoms with Crippen molar-refractivity contribution in [2.24, 2.45) is 0 Å². The fraction of sp³-hybridized carbons (Fsp3) is 0.519. The second-order valence-corrected chi connectivity index (χ2v) is 9.95. The number of likely N-dealkylation sites (tertiary alicyclic amines) is 1. The molecule has 4 rings (SSSR count). The Bertz CT molecular complexity index is 1240. The van der Waals surface area contributed by atoms with Crippen LogP contribution in [0.3, 0.4) is 0 Å². The summed E-state index contributed by atoms with van der Waals surface area (Å²) in [6.07, 6.45) is -10.0. The van der Waals surface area contributed by atoms with Crippen LogP contribution in [0.1, 0.15) is 36.3 Å². The number of alkyl halides is 9. The fourth-order valence-electron chi connectivity index (χ4n) is 4.12. The second-order valence-electron chi connectivity index (χ2n) is 9.95. The summed E-state index contributed by atoms with van der Waals surface area (Å²) in [4.78, 5) is 38.1. The molecule has 2 aromatic rings. The van der Waals surface area contributed by atoms with Gasteiger partial charge in [-0.15, -0.1) is 0 Å². The molecule has 3 N–H and O–H groups in total. The monoisotopic (exact) mass is 695 g/mol. The first kappa shape index (κ1) is 41.0. The Morgan fingerprint density at radius 2 is 1.43 bits per heavy atom. The number of hydrogen-bond acceptors (Lipinski definition) is 8. The van der Waals surface area contributed by atoms with Crippen LogP contribution in [0.5, 0.6) is 0 Å². The van der Waals surface area contributed by atoms with E-state index in [0.29, 0.717) is 13.2 Å². The summed E-state index contributed by atoms with van der Waals surface area (Å²) >= 11 is 0. The molecule has 2 fully saturated rings. The number of pyridine rings is 2. The molecule has 0 aliphatic carbocycles. The van der Waals surface area contributed by atoms with Crippen LogP contribution in [0.25, 0.3) is 0 Å². The maximum absolute atomic E-state index is 10.6. The number of carbonyl (C=O) groups is 3. The number of hydrogen-bond donors (Lipinski definition) is 3. The maximum atomic E-state index is 10.6. The molecule has 0 radical (unpaired) electrons. The van der Waals surface area contributed by atoms with Gasteiger partial charge in [0.2, 0.25) is 0 Å². The van der Waals surface area contributed by atoms with Gasteiger partial charge in [-0.05, 0) is 50.6 Å². The average molecular weight is 696 g/mol. The van der Waals surface area contributed by atoms with E-state index >= 15 is 0 Å². The van der Waals surface area contributed by atoms with Crippen LogP contribution < -0.4 is 0 Å². The number of aryl methyl sites for hydroxylation is 1. The predicted octanol–water partition coefficient (Wildman–Crippen LogP) is 5.03. The van der Waals surface area contributed by atoms with Crippen molar-refractivity contribution in [3.8, 4) is 0 Å². The Hall–Kier alpha value is -4.04. The van der Waals surface area contributed by atoms with E-state index in [4.69, 9.17) is 39.2 Å². The van der Waals surface area contributed by atoms with Crippen molar-refractivity contribution in [2.45, 2.75) is 69.6 Å². The summed E-state index contributed by atoms with van der Waals surface area (Å²) in [5.41, 5.74) is 3.14. The third kappa shape index (κ3) is 16.4. The van der Waals surface area contributed by atoms with Gasteiger partial charge in [-0.25, -0.2) is 14.4 Å². The number of carboxylic acid groups (broad SMARTS) is 3. The minimum atomic E-state index is -5.08. The van der Waals surface area contributed by atoms with Crippen molar-refractivity contribution < 1.29 is 78.7 Å². The maximum Gasteiger partial charge on any atom is 0.490 e. The van der Waals surface area contributed by atoms with Crippen LogP contribution in [-0.2, 0) is 37.0 Å². The molecule has 20 heteroatoms. The van der Waals surface area contributed by atoms with E-state index in [0.717, 1.165) is 49.6 Å². The number of rotatable bonds is 5. The Morgan fingerprint density at radius 1 is 0.894 bits per heavy atom. The molecule has 0 saturated carbocycles. The lowest BCUT2D eigenvalue weighted by Gasteiger charge is -2.39. The Morgan fingerprint density at radius 3 is 1.89 bits per heavy atom. The number of piperidine rings is 1. The van der Waals surface area contributed by atoms with Gasteiger partial charge in [0.15, 0.2) is 0 Å². The highest BCUT2D eigenvalue weighted by molar-refractivity contribution is 5.73. The SMILES string of the molecule is Cc1cccc(CN2CCC[C@]3(C[C@@H](OCc4ccccn4)CO3)C2)n1.O=C(O)C(F)(F)F.O=C(O)C(F)(F)F.O=C(O)C(F)(F)F. The van der Waals surface area contributed by atoms with E-state index in [1.807, 2.05) is 37.4 Å². The molecule has 1 spiro atoms. The normalized spacial score (nSPS) is 19.7. The molecule has 2 aliphatic heterocycles. The minimum Gasteiger partial charge on any atom is -0.475 e. The topological polar surface area (TPSA) is 159 Å². The van der Waals surface area contributed by atoms with Crippen LogP contribution in [0.2, 0.25) is 0 Å². The molecule has 0 aromatic carbocycles. The van der Waals surface area contributed by atoms with Crippen LogP contribution in [0, 0.1) is 6.92 Å². The molecule has 2 saturated heterocycles. The lowest BCUT2D eigenvalue weighted by Crippen LogP contribution is -2.47. The van der Waals surface area contributed by atoms with Gasteiger partial charge in [-0.1, -0.05) is 12.1 Å². The van der Waals surface area contributed by atoms with Gasteiger partial charge in [0, 0.05) is 31.4 Å². The van der Waals surface area contributed by atoms with Crippen molar-refractivity contribution in [3.63, 3.8) is 0 Å². The van der Waals surface area contributed by atoms with E-state index in [1.54, 1.807) is 0 Å². The zero-order valence-electron chi connectivity index (χ0n) is 24.4. The van der Waals surface area contributed by atoms with Crippen molar-refractivity contribution in [1.82, 2.24) is 14.9 Å². The summed E-state index contributed by atoms with van der Waals surface area (Å²) in [5, 5.41) is 21.4. The molecule has 2 atom stereocenters. The second kappa shape index (κ2) is 17.8. The molecule has 0 bridgehead atoms. The van der Waals surface area contributed by atoms with Crippen LogP contribution in [0.4, 0.5) is 39.5 Å². The highest BCUT2D eigenvalue weighted by Crippen LogP contribution is 2.36. The van der Waals surface area contributed by atoms with Gasteiger partial charge in [-0.2, -0.15) is 39.5 Å². The molecule has 11 nitrogen and oxygen atoms in total. The molecule has 2 aromatic heterocycles. The lowest BCUT2D eigenvalue weighted by molar-refractivity contribution is -0.193. The first-order valence-corrected chi connectivity index (χ1v) is 13.2. The van der Waals surface area contributed by atoms with Crippen molar-refractivity contribution in [3.05, 3.63) is 59.7 Å². The largest absolute Gasteiger partial charge is 0.490 e. The number of nitrogens with zero attached hydrogens (tertiary/aromatic N) is 3. The Balaban J connectivity index is 0.000000430. The molecule has 2 aliphatic rings. The van der Waals surface area contributed by atoms with Crippen molar-refractivity contribution in [1.29, 1.82) is 0 Å². The number of carboxylic acids is 3. The highest BCUT2D eigenvalue weighted by Gasteiger charge is 2.44. The molecule has 47 heavy (non-hydrogen) atoms. The summed E-state index contributed by atoms with van der Waals surface area (Å²) in [6, 6.07) is 12.2.